The van der Waals surface area contributed by atoms with Gasteiger partial charge in [0.05, 0.1) is 13.2 Å². The molecule has 1 aromatic carbocycles. The number of amides is 2. The highest BCUT2D eigenvalue weighted by atomic mass is 16.4. The SMILES string of the molecule is NCC(=O)N[C@@H](CO)C(=O)N[C@@H](Cc1ccc(O)cc1)C(=O)O. The number of aliphatic hydroxyl groups is 1. The average molecular weight is 325 g/mol. The molecule has 0 saturated heterocycles. The van der Waals surface area contributed by atoms with Crippen molar-refractivity contribution in [1.29, 1.82) is 0 Å². The lowest BCUT2D eigenvalue weighted by atomic mass is 10.1. The van der Waals surface area contributed by atoms with E-state index in [1.165, 1.54) is 24.3 Å². The second-order valence-corrected chi connectivity index (χ2v) is 4.78. The van der Waals surface area contributed by atoms with Crippen LogP contribution >= 0.6 is 0 Å². The molecule has 23 heavy (non-hydrogen) atoms. The first-order valence-corrected chi connectivity index (χ1v) is 6.78. The normalized spacial score (nSPS) is 13.0. The van der Waals surface area contributed by atoms with E-state index in [1.807, 2.05) is 0 Å². The number of phenolic OH excluding ortho intramolecular Hbond substituents is 1. The minimum Gasteiger partial charge on any atom is -0.508 e. The number of aliphatic hydroxyl groups excluding tert-OH is 1. The molecule has 9 nitrogen and oxygen atoms in total. The van der Waals surface area contributed by atoms with Gasteiger partial charge in [-0.2, -0.15) is 0 Å². The topological polar surface area (TPSA) is 162 Å². The molecule has 0 fully saturated rings. The molecule has 0 spiro atoms. The van der Waals surface area contributed by atoms with Crippen molar-refractivity contribution < 1.29 is 29.7 Å². The Balaban J connectivity index is 2.74. The third-order valence-electron chi connectivity index (χ3n) is 3.01. The zero-order valence-electron chi connectivity index (χ0n) is 12.2. The summed E-state index contributed by atoms with van der Waals surface area (Å²) in [5, 5.41) is 31.9. The molecule has 126 valence electrons. The molecule has 2 amide bonds. The van der Waals surface area contributed by atoms with Crippen molar-refractivity contribution in [3.8, 4) is 5.75 Å². The van der Waals surface area contributed by atoms with Crippen LogP contribution in [0.3, 0.4) is 0 Å². The van der Waals surface area contributed by atoms with Crippen molar-refractivity contribution in [2.24, 2.45) is 5.73 Å². The molecule has 0 aliphatic heterocycles. The number of carbonyl (C=O) groups excluding carboxylic acids is 2. The average Bonchev–Trinajstić information content (AvgIpc) is 2.53. The first-order valence-electron chi connectivity index (χ1n) is 6.78. The number of phenols is 1. The number of rotatable bonds is 8. The van der Waals surface area contributed by atoms with Gasteiger partial charge in [-0.1, -0.05) is 12.1 Å². The van der Waals surface area contributed by atoms with E-state index in [1.54, 1.807) is 0 Å². The van der Waals surface area contributed by atoms with Crippen molar-refractivity contribution >= 4 is 17.8 Å². The highest BCUT2D eigenvalue weighted by Gasteiger charge is 2.26. The van der Waals surface area contributed by atoms with Gasteiger partial charge in [0, 0.05) is 6.42 Å². The summed E-state index contributed by atoms with van der Waals surface area (Å²) in [5.74, 6) is -2.71. The summed E-state index contributed by atoms with van der Waals surface area (Å²) in [7, 11) is 0. The highest BCUT2D eigenvalue weighted by Crippen LogP contribution is 2.11. The summed E-state index contributed by atoms with van der Waals surface area (Å²) < 4.78 is 0. The maximum atomic E-state index is 12.0. The van der Waals surface area contributed by atoms with E-state index < -0.39 is 36.5 Å². The van der Waals surface area contributed by atoms with Crippen molar-refractivity contribution in [1.82, 2.24) is 10.6 Å². The number of nitrogens with one attached hydrogen (secondary N) is 2. The van der Waals surface area contributed by atoms with Crippen molar-refractivity contribution in [3.63, 3.8) is 0 Å². The van der Waals surface area contributed by atoms with Gasteiger partial charge in [-0.3, -0.25) is 9.59 Å². The Bertz CT molecular complexity index is 560. The predicted octanol–water partition coefficient (Wildman–Crippen LogP) is -2.06. The van der Waals surface area contributed by atoms with Crippen LogP contribution in [0.1, 0.15) is 5.56 Å². The molecule has 2 atom stereocenters. The number of carbonyl (C=O) groups is 3. The molecule has 9 heteroatoms. The Labute approximate surface area is 132 Å². The number of aliphatic carboxylic acids is 1. The molecule has 0 unspecified atom stereocenters. The first kappa shape index (κ1) is 18.4. The number of hydrogen-bond acceptors (Lipinski definition) is 6. The summed E-state index contributed by atoms with van der Waals surface area (Å²) in [6.45, 7) is -1.05. The van der Waals surface area contributed by atoms with E-state index in [0.29, 0.717) is 5.56 Å². The van der Waals surface area contributed by atoms with Crippen LogP contribution in [-0.4, -0.2) is 58.3 Å². The zero-order chi connectivity index (χ0) is 17.4. The molecule has 0 aliphatic rings. The number of benzene rings is 1. The van der Waals surface area contributed by atoms with E-state index >= 15 is 0 Å². The first-order chi connectivity index (χ1) is 10.9. The van der Waals surface area contributed by atoms with Crippen molar-refractivity contribution in [2.75, 3.05) is 13.2 Å². The lowest BCUT2D eigenvalue weighted by Gasteiger charge is -2.20. The van der Waals surface area contributed by atoms with Crippen LogP contribution in [0.2, 0.25) is 0 Å². The molecule has 0 saturated carbocycles. The van der Waals surface area contributed by atoms with E-state index in [-0.39, 0.29) is 18.7 Å². The van der Waals surface area contributed by atoms with Crippen molar-refractivity contribution in [3.05, 3.63) is 29.8 Å². The molecule has 0 radical (unpaired) electrons. The van der Waals surface area contributed by atoms with Gasteiger partial charge < -0.3 is 31.7 Å². The van der Waals surface area contributed by atoms with Crippen LogP contribution in [-0.2, 0) is 20.8 Å². The molecule has 1 rings (SSSR count). The molecular formula is C14H19N3O6. The Morgan fingerprint density at radius 3 is 2.17 bits per heavy atom. The number of carboxylic acid groups (broad SMARTS) is 1. The van der Waals surface area contributed by atoms with Gasteiger partial charge in [0.15, 0.2) is 0 Å². The van der Waals surface area contributed by atoms with Gasteiger partial charge >= 0.3 is 5.97 Å². The number of carboxylic acids is 1. The van der Waals surface area contributed by atoms with E-state index in [9.17, 15) is 24.6 Å². The lowest BCUT2D eigenvalue weighted by Crippen LogP contribution is -2.54. The lowest BCUT2D eigenvalue weighted by molar-refractivity contribution is -0.142. The fraction of sp³-hybridized carbons (Fsp3) is 0.357. The molecule has 7 N–H and O–H groups in total. The van der Waals surface area contributed by atoms with Crippen molar-refractivity contribution in [2.45, 2.75) is 18.5 Å². The smallest absolute Gasteiger partial charge is 0.326 e. The van der Waals surface area contributed by atoms with Gasteiger partial charge in [-0.15, -0.1) is 0 Å². The van der Waals surface area contributed by atoms with Gasteiger partial charge in [0.2, 0.25) is 11.8 Å². The van der Waals surface area contributed by atoms with Gasteiger partial charge in [-0.25, -0.2) is 4.79 Å². The third kappa shape index (κ3) is 5.93. The fourth-order valence-corrected chi connectivity index (χ4v) is 1.79. The van der Waals surface area contributed by atoms with E-state index in [2.05, 4.69) is 10.6 Å². The maximum absolute atomic E-state index is 12.0. The standard InChI is InChI=1S/C14H19N3O6/c15-6-12(20)16-11(7-18)13(21)17-10(14(22)23)5-8-1-3-9(19)4-2-8/h1-4,10-11,18-19H,5-7,15H2,(H,16,20)(H,17,21)(H,22,23)/t10-,11-/m0/s1. The second-order valence-electron chi connectivity index (χ2n) is 4.78. The number of nitrogens with two attached hydrogens (primary N) is 1. The minimum absolute atomic E-state index is 0.0235. The summed E-state index contributed by atoms with van der Waals surface area (Å²) in [6, 6.07) is 3.31. The second kappa shape index (κ2) is 8.71. The molecule has 0 bridgehead atoms. The molecule has 0 aliphatic carbocycles. The summed E-state index contributed by atoms with van der Waals surface area (Å²) >= 11 is 0. The summed E-state index contributed by atoms with van der Waals surface area (Å²) in [4.78, 5) is 34.4. The van der Waals surface area contributed by atoms with Gasteiger partial charge in [0.25, 0.3) is 0 Å². The largest absolute Gasteiger partial charge is 0.508 e. The highest BCUT2D eigenvalue weighted by molar-refractivity contribution is 5.91. The predicted molar refractivity (Wildman–Crippen MR) is 79.4 cm³/mol. The van der Waals surface area contributed by atoms with Crippen LogP contribution in [0.4, 0.5) is 0 Å². The molecular weight excluding hydrogens is 306 g/mol. The van der Waals surface area contributed by atoms with Crippen LogP contribution < -0.4 is 16.4 Å². The molecule has 0 aromatic heterocycles. The van der Waals surface area contributed by atoms with Gasteiger partial charge in [0.1, 0.15) is 17.8 Å². The summed E-state index contributed by atoms with van der Waals surface area (Å²) in [6.07, 6.45) is -0.0235. The zero-order valence-corrected chi connectivity index (χ0v) is 12.2. The molecule has 0 heterocycles. The summed E-state index contributed by atoms with van der Waals surface area (Å²) in [5.41, 5.74) is 5.68. The Morgan fingerprint density at radius 1 is 1.09 bits per heavy atom. The quantitative estimate of drug-likeness (QED) is 0.320. The van der Waals surface area contributed by atoms with Crippen LogP contribution in [0.15, 0.2) is 24.3 Å². The van der Waals surface area contributed by atoms with E-state index in [4.69, 9.17) is 10.8 Å². The maximum Gasteiger partial charge on any atom is 0.326 e. The Morgan fingerprint density at radius 2 is 1.70 bits per heavy atom. The van der Waals surface area contributed by atoms with E-state index in [0.717, 1.165) is 0 Å². The fourth-order valence-electron chi connectivity index (χ4n) is 1.79. The number of hydrogen-bond donors (Lipinski definition) is 6. The van der Waals surface area contributed by atoms with Crippen LogP contribution in [0, 0.1) is 0 Å². The monoisotopic (exact) mass is 325 g/mol. The third-order valence-corrected chi connectivity index (χ3v) is 3.01. The Hall–Kier alpha value is -2.65. The van der Waals surface area contributed by atoms with Crippen LogP contribution in [0.5, 0.6) is 5.75 Å². The Kier molecular flexibility index (Phi) is 6.97. The van der Waals surface area contributed by atoms with Gasteiger partial charge in [-0.05, 0) is 17.7 Å². The molecule has 1 aromatic rings. The van der Waals surface area contributed by atoms with Crippen LogP contribution in [0.25, 0.3) is 0 Å². The minimum atomic E-state index is -1.28. The number of aromatic hydroxyl groups is 1.